The van der Waals surface area contributed by atoms with Crippen molar-refractivity contribution in [2.24, 2.45) is 5.92 Å². The number of hydrogen-bond donors (Lipinski definition) is 2. The summed E-state index contributed by atoms with van der Waals surface area (Å²) in [5, 5.41) is 11.4. The van der Waals surface area contributed by atoms with E-state index in [4.69, 9.17) is 5.11 Å². The van der Waals surface area contributed by atoms with Crippen LogP contribution >= 0.6 is 11.8 Å². The lowest BCUT2D eigenvalue weighted by atomic mass is 10.0. The SMILES string of the molecule is CC(CNC(=O)CSc1ccc(C(C)C)cc1)CC(=O)O. The minimum Gasteiger partial charge on any atom is -0.481 e. The molecule has 0 fully saturated rings. The van der Waals surface area contributed by atoms with Crippen LogP contribution in [0.5, 0.6) is 0 Å². The third-order valence-corrected chi connectivity index (χ3v) is 4.10. The molecule has 4 nitrogen and oxygen atoms in total. The Morgan fingerprint density at radius 1 is 1.19 bits per heavy atom. The van der Waals surface area contributed by atoms with Crippen molar-refractivity contribution in [2.75, 3.05) is 12.3 Å². The maximum Gasteiger partial charge on any atom is 0.303 e. The third kappa shape index (κ3) is 7.18. The fraction of sp³-hybridized carbons (Fsp3) is 0.500. The first-order valence-corrected chi connectivity index (χ1v) is 8.08. The molecule has 1 atom stereocenters. The second kappa shape index (κ2) is 8.72. The van der Waals surface area contributed by atoms with Gasteiger partial charge in [0.15, 0.2) is 0 Å². The van der Waals surface area contributed by atoms with E-state index in [0.29, 0.717) is 18.2 Å². The summed E-state index contributed by atoms with van der Waals surface area (Å²) in [4.78, 5) is 23.3. The number of carbonyl (C=O) groups excluding carboxylic acids is 1. The molecule has 0 aliphatic heterocycles. The van der Waals surface area contributed by atoms with E-state index < -0.39 is 5.97 Å². The largest absolute Gasteiger partial charge is 0.481 e. The molecule has 1 aromatic rings. The molecule has 0 aliphatic rings. The number of nitrogens with one attached hydrogen (secondary N) is 1. The Hall–Kier alpha value is -1.49. The van der Waals surface area contributed by atoms with Crippen LogP contribution in [-0.2, 0) is 9.59 Å². The van der Waals surface area contributed by atoms with Gasteiger partial charge in [0.05, 0.1) is 5.75 Å². The molecule has 0 spiro atoms. The molecular formula is C16H23NO3S. The molecule has 0 aromatic heterocycles. The molecule has 0 bridgehead atoms. The molecule has 0 radical (unpaired) electrons. The van der Waals surface area contributed by atoms with Crippen molar-refractivity contribution in [2.45, 2.75) is 38.0 Å². The van der Waals surface area contributed by atoms with Crippen molar-refractivity contribution in [1.29, 1.82) is 0 Å². The van der Waals surface area contributed by atoms with Crippen LogP contribution in [-0.4, -0.2) is 29.3 Å². The highest BCUT2D eigenvalue weighted by Gasteiger charge is 2.09. The summed E-state index contributed by atoms with van der Waals surface area (Å²) in [5.74, 6) is -0.104. The van der Waals surface area contributed by atoms with Gasteiger partial charge in [-0.25, -0.2) is 0 Å². The molecule has 0 heterocycles. The van der Waals surface area contributed by atoms with Crippen LogP contribution in [0.3, 0.4) is 0 Å². The van der Waals surface area contributed by atoms with Crippen molar-refractivity contribution >= 4 is 23.6 Å². The molecule has 21 heavy (non-hydrogen) atoms. The van der Waals surface area contributed by atoms with Crippen molar-refractivity contribution < 1.29 is 14.7 Å². The van der Waals surface area contributed by atoms with Crippen LogP contribution in [0, 0.1) is 5.92 Å². The number of carboxylic acids is 1. The van der Waals surface area contributed by atoms with Gasteiger partial charge in [-0.1, -0.05) is 32.9 Å². The van der Waals surface area contributed by atoms with Crippen LogP contribution in [0.15, 0.2) is 29.2 Å². The zero-order valence-corrected chi connectivity index (χ0v) is 13.6. The molecule has 0 saturated carbocycles. The predicted molar refractivity (Wildman–Crippen MR) is 85.7 cm³/mol. The number of benzene rings is 1. The highest BCUT2D eigenvalue weighted by Crippen LogP contribution is 2.21. The van der Waals surface area contributed by atoms with E-state index in [1.807, 2.05) is 19.1 Å². The quantitative estimate of drug-likeness (QED) is 0.724. The Kier molecular flexibility index (Phi) is 7.29. The minimum atomic E-state index is -0.837. The van der Waals surface area contributed by atoms with Gasteiger partial charge in [0, 0.05) is 17.9 Å². The molecule has 1 rings (SSSR count). The first kappa shape index (κ1) is 17.6. The van der Waals surface area contributed by atoms with Crippen molar-refractivity contribution in [3.8, 4) is 0 Å². The number of thioether (sulfide) groups is 1. The molecule has 116 valence electrons. The molecular weight excluding hydrogens is 286 g/mol. The van der Waals surface area contributed by atoms with Gasteiger partial charge in [-0.05, 0) is 29.5 Å². The summed E-state index contributed by atoms with van der Waals surface area (Å²) in [6.45, 7) is 6.51. The summed E-state index contributed by atoms with van der Waals surface area (Å²) in [7, 11) is 0. The average Bonchev–Trinajstić information content (AvgIpc) is 2.42. The maximum absolute atomic E-state index is 11.7. The van der Waals surface area contributed by atoms with E-state index >= 15 is 0 Å². The monoisotopic (exact) mass is 309 g/mol. The van der Waals surface area contributed by atoms with E-state index in [1.54, 1.807) is 0 Å². The topological polar surface area (TPSA) is 66.4 Å². The van der Waals surface area contributed by atoms with Crippen LogP contribution < -0.4 is 5.32 Å². The van der Waals surface area contributed by atoms with Gasteiger partial charge in [-0.2, -0.15) is 0 Å². The maximum atomic E-state index is 11.7. The first-order valence-electron chi connectivity index (χ1n) is 7.09. The van der Waals surface area contributed by atoms with Crippen LogP contribution in [0.4, 0.5) is 0 Å². The molecule has 2 N–H and O–H groups in total. The fourth-order valence-electron chi connectivity index (χ4n) is 1.81. The molecule has 0 aliphatic carbocycles. The van der Waals surface area contributed by atoms with Crippen molar-refractivity contribution in [3.63, 3.8) is 0 Å². The second-order valence-corrected chi connectivity index (χ2v) is 6.57. The predicted octanol–water partition coefficient (Wildman–Crippen LogP) is 3.13. The summed E-state index contributed by atoms with van der Waals surface area (Å²) in [6.07, 6.45) is 0.0735. The average molecular weight is 309 g/mol. The Bertz CT molecular complexity index is 471. The lowest BCUT2D eigenvalue weighted by Crippen LogP contribution is -2.30. The number of rotatable bonds is 8. The molecule has 1 unspecified atom stereocenters. The fourth-order valence-corrected chi connectivity index (χ4v) is 2.54. The number of amides is 1. The molecule has 1 amide bonds. The van der Waals surface area contributed by atoms with Crippen LogP contribution in [0.25, 0.3) is 0 Å². The van der Waals surface area contributed by atoms with E-state index in [2.05, 4.69) is 31.3 Å². The normalized spacial score (nSPS) is 12.2. The Morgan fingerprint density at radius 2 is 1.81 bits per heavy atom. The van der Waals surface area contributed by atoms with Gasteiger partial charge in [0.1, 0.15) is 0 Å². The Labute approximate surface area is 130 Å². The minimum absolute atomic E-state index is 0.0539. The molecule has 5 heteroatoms. The number of hydrogen-bond acceptors (Lipinski definition) is 3. The van der Waals surface area contributed by atoms with Gasteiger partial charge >= 0.3 is 5.97 Å². The first-order chi connectivity index (χ1) is 9.88. The smallest absolute Gasteiger partial charge is 0.303 e. The highest BCUT2D eigenvalue weighted by atomic mass is 32.2. The standard InChI is InChI=1S/C16H23NO3S/c1-11(2)13-4-6-14(7-5-13)21-10-15(18)17-9-12(3)8-16(19)20/h4-7,11-12H,8-10H2,1-3H3,(H,17,18)(H,19,20). The number of carboxylic acid groups (broad SMARTS) is 1. The summed E-state index contributed by atoms with van der Waals surface area (Å²) < 4.78 is 0. The van der Waals surface area contributed by atoms with E-state index in [1.165, 1.54) is 17.3 Å². The number of aliphatic carboxylic acids is 1. The van der Waals surface area contributed by atoms with Crippen LogP contribution in [0.1, 0.15) is 38.7 Å². The van der Waals surface area contributed by atoms with Gasteiger partial charge in [-0.15, -0.1) is 11.8 Å². The van der Waals surface area contributed by atoms with Gasteiger partial charge in [0.2, 0.25) is 5.91 Å². The van der Waals surface area contributed by atoms with E-state index in [9.17, 15) is 9.59 Å². The van der Waals surface area contributed by atoms with E-state index in [0.717, 1.165) is 4.90 Å². The lowest BCUT2D eigenvalue weighted by Gasteiger charge is -2.10. The summed E-state index contributed by atoms with van der Waals surface area (Å²) >= 11 is 1.49. The summed E-state index contributed by atoms with van der Waals surface area (Å²) in [6, 6.07) is 8.22. The molecule has 0 saturated heterocycles. The summed E-state index contributed by atoms with van der Waals surface area (Å²) in [5.41, 5.74) is 1.28. The van der Waals surface area contributed by atoms with Gasteiger partial charge in [-0.3, -0.25) is 9.59 Å². The zero-order chi connectivity index (χ0) is 15.8. The number of carbonyl (C=O) groups is 2. The third-order valence-electron chi connectivity index (χ3n) is 3.09. The zero-order valence-electron chi connectivity index (χ0n) is 12.8. The Balaban J connectivity index is 2.31. The van der Waals surface area contributed by atoms with Crippen LogP contribution in [0.2, 0.25) is 0 Å². The Morgan fingerprint density at radius 3 is 2.33 bits per heavy atom. The van der Waals surface area contributed by atoms with Gasteiger partial charge < -0.3 is 10.4 Å². The highest BCUT2D eigenvalue weighted by molar-refractivity contribution is 8.00. The van der Waals surface area contributed by atoms with Gasteiger partial charge in [0.25, 0.3) is 0 Å². The molecule has 1 aromatic carbocycles. The lowest BCUT2D eigenvalue weighted by molar-refractivity contribution is -0.138. The van der Waals surface area contributed by atoms with Crippen molar-refractivity contribution in [3.05, 3.63) is 29.8 Å². The van der Waals surface area contributed by atoms with Crippen molar-refractivity contribution in [1.82, 2.24) is 5.32 Å². The second-order valence-electron chi connectivity index (χ2n) is 5.52. The van der Waals surface area contributed by atoms with E-state index in [-0.39, 0.29) is 18.2 Å².